The Kier molecular flexibility index (Phi) is 3.30. The summed E-state index contributed by atoms with van der Waals surface area (Å²) in [6, 6.07) is 1.68. The largest absolute Gasteiger partial charge is 0.346 e. The maximum absolute atomic E-state index is 11.6. The van der Waals surface area contributed by atoms with E-state index in [1.54, 1.807) is 18.0 Å². The second kappa shape index (κ2) is 4.55. The Hall–Kier alpha value is -0.870. The maximum Gasteiger partial charge on any atom is 0.224 e. The lowest BCUT2D eigenvalue weighted by atomic mass is 9.93. The zero-order valence-corrected chi connectivity index (χ0v) is 10.3. The predicted octanol–water partition coefficient (Wildman–Crippen LogP) is 2.12. The highest BCUT2D eigenvalue weighted by molar-refractivity contribution is 6.31. The summed E-state index contributed by atoms with van der Waals surface area (Å²) in [4.78, 5) is 21.2. The first-order valence-corrected chi connectivity index (χ1v) is 5.76. The molecule has 1 aromatic heterocycles. The molecule has 1 atom stereocenters. The second-order valence-corrected chi connectivity index (χ2v) is 4.61. The van der Waals surface area contributed by atoms with Gasteiger partial charge < -0.3 is 4.90 Å². The number of carbonyl (C=O) groups excluding carboxylic acids is 1. The highest BCUT2D eigenvalue weighted by atomic mass is 35.5. The highest BCUT2D eigenvalue weighted by Crippen LogP contribution is 2.28. The lowest BCUT2D eigenvalue weighted by Gasteiger charge is -2.28. The number of halogens is 2. The summed E-state index contributed by atoms with van der Waals surface area (Å²) in [5.74, 6) is 0.226. The summed E-state index contributed by atoms with van der Waals surface area (Å²) in [5, 5.41) is 0.454. The first-order valence-electron chi connectivity index (χ1n) is 5.00. The number of aromatic nitrogens is 2. The van der Waals surface area contributed by atoms with Gasteiger partial charge in [-0.2, -0.15) is 0 Å². The first-order chi connectivity index (χ1) is 7.56. The molecule has 1 fully saturated rings. The average molecular weight is 260 g/mol. The van der Waals surface area contributed by atoms with Gasteiger partial charge in [-0.15, -0.1) is 0 Å². The van der Waals surface area contributed by atoms with Crippen LogP contribution in [0.1, 0.15) is 24.5 Å². The molecule has 0 aromatic carbocycles. The van der Waals surface area contributed by atoms with Crippen LogP contribution < -0.4 is 0 Å². The van der Waals surface area contributed by atoms with Gasteiger partial charge in [-0.1, -0.05) is 11.6 Å². The maximum atomic E-state index is 11.6. The van der Waals surface area contributed by atoms with E-state index in [-0.39, 0.29) is 17.1 Å². The van der Waals surface area contributed by atoms with Crippen molar-refractivity contribution in [3.05, 3.63) is 22.2 Å². The minimum Gasteiger partial charge on any atom is -0.346 e. The molecule has 0 N–H and O–H groups in total. The Morgan fingerprint density at radius 2 is 2.19 bits per heavy atom. The minimum atomic E-state index is 0.0988. The molecule has 0 unspecified atom stereocenters. The lowest BCUT2D eigenvalue weighted by molar-refractivity contribution is -0.132. The molecule has 16 heavy (non-hydrogen) atoms. The van der Waals surface area contributed by atoms with E-state index in [2.05, 4.69) is 9.97 Å². The van der Waals surface area contributed by atoms with Crippen molar-refractivity contribution in [1.29, 1.82) is 0 Å². The minimum absolute atomic E-state index is 0.0988. The molecule has 0 bridgehead atoms. The number of amides is 1. The predicted molar refractivity (Wildman–Crippen MR) is 61.7 cm³/mol. The van der Waals surface area contributed by atoms with Gasteiger partial charge >= 0.3 is 0 Å². The summed E-state index contributed by atoms with van der Waals surface area (Å²) < 4.78 is 0. The summed E-state index contributed by atoms with van der Waals surface area (Å²) >= 11 is 11.5. The van der Waals surface area contributed by atoms with Gasteiger partial charge in [0.2, 0.25) is 11.2 Å². The van der Waals surface area contributed by atoms with Crippen LogP contribution in [0.15, 0.2) is 6.07 Å². The number of hydrogen-bond donors (Lipinski definition) is 0. The zero-order valence-electron chi connectivity index (χ0n) is 8.78. The van der Waals surface area contributed by atoms with Gasteiger partial charge in [-0.05, 0) is 24.1 Å². The number of nitrogens with zero attached hydrogens (tertiary/aromatic N) is 3. The molecule has 1 amide bonds. The molecule has 1 saturated heterocycles. The SMILES string of the molecule is CN1CC[C@@H](c2cc(Cl)nc(Cl)n2)CC1=O. The standard InChI is InChI=1S/C10H11Cl2N3O/c1-15-3-2-6(4-9(15)16)7-5-8(11)14-10(12)13-7/h5-6H,2-4H2,1H3/t6-/m1/s1. The van der Waals surface area contributed by atoms with Crippen molar-refractivity contribution in [3.8, 4) is 0 Å². The topological polar surface area (TPSA) is 46.1 Å². The monoisotopic (exact) mass is 259 g/mol. The van der Waals surface area contributed by atoms with Crippen molar-refractivity contribution in [2.75, 3.05) is 13.6 Å². The van der Waals surface area contributed by atoms with Gasteiger partial charge in [0.25, 0.3) is 0 Å². The van der Waals surface area contributed by atoms with Crippen LogP contribution in [-0.2, 0) is 4.79 Å². The van der Waals surface area contributed by atoms with Gasteiger partial charge in [0.1, 0.15) is 5.15 Å². The van der Waals surface area contributed by atoms with Crippen molar-refractivity contribution >= 4 is 29.1 Å². The average Bonchev–Trinajstić information content (AvgIpc) is 2.20. The third-order valence-corrected chi connectivity index (χ3v) is 3.13. The Bertz CT molecular complexity index is 404. The van der Waals surface area contributed by atoms with Crippen LogP contribution in [0.2, 0.25) is 10.4 Å². The number of carbonyl (C=O) groups is 1. The molecule has 1 aliphatic rings. The van der Waals surface area contributed by atoms with Crippen LogP contribution in [0.4, 0.5) is 0 Å². The Morgan fingerprint density at radius 1 is 1.44 bits per heavy atom. The fourth-order valence-corrected chi connectivity index (χ4v) is 2.23. The number of piperidine rings is 1. The van der Waals surface area contributed by atoms with Crippen molar-refractivity contribution in [2.24, 2.45) is 0 Å². The molecular weight excluding hydrogens is 249 g/mol. The molecular formula is C10H11Cl2N3O. The molecule has 0 saturated carbocycles. The van der Waals surface area contributed by atoms with Gasteiger partial charge in [-0.25, -0.2) is 9.97 Å². The van der Waals surface area contributed by atoms with E-state index < -0.39 is 0 Å². The fourth-order valence-electron chi connectivity index (χ4n) is 1.81. The Labute approximate surface area is 104 Å². The molecule has 2 rings (SSSR count). The Morgan fingerprint density at radius 3 is 2.81 bits per heavy atom. The van der Waals surface area contributed by atoms with E-state index in [4.69, 9.17) is 23.2 Å². The van der Waals surface area contributed by atoms with E-state index in [1.807, 2.05) is 0 Å². The van der Waals surface area contributed by atoms with Crippen LogP contribution in [0, 0.1) is 0 Å². The van der Waals surface area contributed by atoms with Crippen molar-refractivity contribution in [3.63, 3.8) is 0 Å². The van der Waals surface area contributed by atoms with Crippen LogP contribution in [0.25, 0.3) is 0 Å². The normalized spacial score (nSPS) is 21.3. The first kappa shape index (κ1) is 11.6. The molecule has 0 aliphatic carbocycles. The van der Waals surface area contributed by atoms with Gasteiger partial charge in [0.15, 0.2) is 0 Å². The van der Waals surface area contributed by atoms with Crippen LogP contribution >= 0.6 is 23.2 Å². The number of likely N-dealkylation sites (tertiary alicyclic amines) is 1. The lowest BCUT2D eigenvalue weighted by Crippen LogP contribution is -2.35. The van der Waals surface area contributed by atoms with Crippen molar-refractivity contribution in [1.82, 2.24) is 14.9 Å². The molecule has 0 radical (unpaired) electrons. The van der Waals surface area contributed by atoms with E-state index in [0.717, 1.165) is 18.7 Å². The number of hydrogen-bond acceptors (Lipinski definition) is 3. The zero-order chi connectivity index (χ0) is 11.7. The quantitative estimate of drug-likeness (QED) is 0.574. The highest BCUT2D eigenvalue weighted by Gasteiger charge is 2.25. The van der Waals surface area contributed by atoms with Crippen molar-refractivity contribution < 1.29 is 4.79 Å². The molecule has 0 spiro atoms. The molecule has 1 aliphatic heterocycles. The van der Waals surface area contributed by atoms with E-state index in [0.29, 0.717) is 11.6 Å². The summed E-state index contributed by atoms with van der Waals surface area (Å²) in [5.41, 5.74) is 0.756. The van der Waals surface area contributed by atoms with Gasteiger partial charge in [-0.3, -0.25) is 4.79 Å². The van der Waals surface area contributed by atoms with E-state index in [1.165, 1.54) is 0 Å². The van der Waals surface area contributed by atoms with Crippen LogP contribution in [-0.4, -0.2) is 34.4 Å². The van der Waals surface area contributed by atoms with Crippen molar-refractivity contribution in [2.45, 2.75) is 18.8 Å². The molecule has 2 heterocycles. The third-order valence-electron chi connectivity index (χ3n) is 2.77. The third kappa shape index (κ3) is 2.44. The molecule has 86 valence electrons. The molecule has 1 aromatic rings. The van der Waals surface area contributed by atoms with Crippen LogP contribution in [0.5, 0.6) is 0 Å². The molecule has 4 nitrogen and oxygen atoms in total. The summed E-state index contributed by atoms with van der Waals surface area (Å²) in [6.07, 6.45) is 1.34. The molecule has 6 heteroatoms. The summed E-state index contributed by atoms with van der Waals surface area (Å²) in [6.45, 7) is 0.739. The van der Waals surface area contributed by atoms with E-state index >= 15 is 0 Å². The van der Waals surface area contributed by atoms with Gasteiger partial charge in [0.05, 0.1) is 5.69 Å². The second-order valence-electron chi connectivity index (χ2n) is 3.89. The van der Waals surface area contributed by atoms with E-state index in [9.17, 15) is 4.79 Å². The van der Waals surface area contributed by atoms with Crippen LogP contribution in [0.3, 0.4) is 0 Å². The number of rotatable bonds is 1. The fraction of sp³-hybridized carbons (Fsp3) is 0.500. The summed E-state index contributed by atoms with van der Waals surface area (Å²) in [7, 11) is 1.80. The Balaban J connectivity index is 2.21. The van der Waals surface area contributed by atoms with Gasteiger partial charge in [0, 0.05) is 25.9 Å². The smallest absolute Gasteiger partial charge is 0.224 e.